The average Bonchev–Trinajstić information content (AvgIpc) is 2.73. The summed E-state index contributed by atoms with van der Waals surface area (Å²) in [6.07, 6.45) is 2.94. The van der Waals surface area contributed by atoms with Gasteiger partial charge < -0.3 is 21.5 Å². The van der Waals surface area contributed by atoms with Crippen LogP contribution in [0.1, 0.15) is 25.7 Å². The van der Waals surface area contributed by atoms with Crippen LogP contribution in [0.3, 0.4) is 0 Å². The molecule has 0 aromatic carbocycles. The van der Waals surface area contributed by atoms with Crippen LogP contribution < -0.4 is 16.8 Å². The fraction of sp³-hybridized carbons (Fsp3) is 0.800. The van der Waals surface area contributed by atoms with Crippen molar-refractivity contribution in [2.75, 3.05) is 19.7 Å². The smallest absolute Gasteiger partial charge is 0.404 e. The van der Waals surface area contributed by atoms with Gasteiger partial charge in [0.2, 0.25) is 5.91 Å². The number of carbonyl (C=O) groups excluding carboxylic acids is 2. The van der Waals surface area contributed by atoms with E-state index >= 15 is 0 Å². The number of amides is 2. The van der Waals surface area contributed by atoms with E-state index < -0.39 is 11.5 Å². The minimum absolute atomic E-state index is 0.0411. The third-order valence-corrected chi connectivity index (χ3v) is 3.07. The number of nitrogens with one attached hydrogen (secondary N) is 1. The monoisotopic (exact) mass is 229 g/mol. The summed E-state index contributed by atoms with van der Waals surface area (Å²) in [5, 5.41) is 2.72. The summed E-state index contributed by atoms with van der Waals surface area (Å²) in [4.78, 5) is 22.2. The van der Waals surface area contributed by atoms with Crippen LogP contribution in [0, 0.1) is 5.41 Å². The number of rotatable bonds is 5. The number of nitrogens with two attached hydrogens (primary N) is 2. The van der Waals surface area contributed by atoms with Crippen LogP contribution in [0.15, 0.2) is 0 Å². The molecule has 1 aliphatic rings. The maximum Gasteiger partial charge on any atom is 0.404 e. The summed E-state index contributed by atoms with van der Waals surface area (Å²) in [5.41, 5.74) is 10.0. The lowest BCUT2D eigenvalue weighted by atomic mass is 9.85. The molecule has 0 unspecified atom stereocenters. The molecule has 6 nitrogen and oxygen atoms in total. The van der Waals surface area contributed by atoms with Crippen molar-refractivity contribution in [2.45, 2.75) is 25.7 Å². The Kier molecular flexibility index (Phi) is 4.54. The molecule has 0 bridgehead atoms. The summed E-state index contributed by atoms with van der Waals surface area (Å²) in [7, 11) is 0. The number of primary amides is 1. The standard InChI is InChI=1S/C10H19N3O3/c11-7-10(3-1-2-4-10)8(14)13-5-6-16-9(12)15/h1-7,11H2,(H2,12,15)(H,13,14). The quantitative estimate of drug-likeness (QED) is 0.563. The Morgan fingerprint density at radius 2 is 1.94 bits per heavy atom. The Morgan fingerprint density at radius 3 is 2.44 bits per heavy atom. The number of hydrogen-bond acceptors (Lipinski definition) is 4. The van der Waals surface area contributed by atoms with Crippen molar-refractivity contribution in [1.29, 1.82) is 0 Å². The molecule has 0 aromatic heterocycles. The molecular weight excluding hydrogens is 210 g/mol. The van der Waals surface area contributed by atoms with Gasteiger partial charge >= 0.3 is 6.09 Å². The maximum absolute atomic E-state index is 11.9. The third-order valence-electron chi connectivity index (χ3n) is 3.07. The molecule has 0 saturated heterocycles. The highest BCUT2D eigenvalue weighted by Crippen LogP contribution is 2.37. The molecule has 0 atom stereocenters. The van der Waals surface area contributed by atoms with Gasteiger partial charge in [-0.15, -0.1) is 0 Å². The molecule has 1 aliphatic carbocycles. The highest BCUT2D eigenvalue weighted by atomic mass is 16.5. The van der Waals surface area contributed by atoms with E-state index in [4.69, 9.17) is 11.5 Å². The van der Waals surface area contributed by atoms with Gasteiger partial charge in [0.25, 0.3) is 0 Å². The first kappa shape index (κ1) is 12.8. The summed E-state index contributed by atoms with van der Waals surface area (Å²) in [6.45, 7) is 0.751. The van der Waals surface area contributed by atoms with E-state index in [2.05, 4.69) is 10.1 Å². The average molecular weight is 229 g/mol. The number of ether oxygens (including phenoxy) is 1. The second kappa shape index (κ2) is 5.69. The first-order chi connectivity index (χ1) is 7.60. The first-order valence-electron chi connectivity index (χ1n) is 5.51. The third kappa shape index (κ3) is 3.10. The second-order valence-corrected chi connectivity index (χ2v) is 4.11. The maximum atomic E-state index is 11.9. The molecule has 1 saturated carbocycles. The van der Waals surface area contributed by atoms with E-state index in [1.165, 1.54) is 0 Å². The molecule has 2 amide bonds. The van der Waals surface area contributed by atoms with Gasteiger partial charge in [-0.05, 0) is 12.8 Å². The highest BCUT2D eigenvalue weighted by molar-refractivity contribution is 5.83. The first-order valence-corrected chi connectivity index (χ1v) is 5.51. The minimum atomic E-state index is -0.830. The van der Waals surface area contributed by atoms with Gasteiger partial charge in [-0.25, -0.2) is 4.79 Å². The van der Waals surface area contributed by atoms with Crippen LogP contribution >= 0.6 is 0 Å². The Morgan fingerprint density at radius 1 is 1.31 bits per heavy atom. The fourth-order valence-electron chi connectivity index (χ4n) is 2.08. The SMILES string of the molecule is NCC1(C(=O)NCCOC(N)=O)CCCC1. The van der Waals surface area contributed by atoms with E-state index in [1.807, 2.05) is 0 Å². The topological polar surface area (TPSA) is 107 Å². The predicted octanol–water partition coefficient (Wildman–Crippen LogP) is -0.283. The van der Waals surface area contributed by atoms with Gasteiger partial charge in [-0.1, -0.05) is 12.8 Å². The molecule has 1 rings (SSSR count). The van der Waals surface area contributed by atoms with Crippen LogP contribution in [-0.4, -0.2) is 31.7 Å². The molecule has 1 fully saturated rings. The van der Waals surface area contributed by atoms with Crippen LogP contribution in [-0.2, 0) is 9.53 Å². The van der Waals surface area contributed by atoms with Crippen molar-refractivity contribution < 1.29 is 14.3 Å². The second-order valence-electron chi connectivity index (χ2n) is 4.11. The summed E-state index contributed by atoms with van der Waals surface area (Å²) < 4.78 is 4.51. The molecule has 0 aliphatic heterocycles. The number of hydrogen-bond donors (Lipinski definition) is 3. The van der Waals surface area contributed by atoms with Crippen LogP contribution in [0.5, 0.6) is 0 Å². The largest absolute Gasteiger partial charge is 0.448 e. The summed E-state index contributed by atoms with van der Waals surface area (Å²) in [5.74, 6) is -0.0411. The van der Waals surface area contributed by atoms with Gasteiger partial charge in [-0.3, -0.25) is 4.79 Å². The Balaban J connectivity index is 2.30. The van der Waals surface area contributed by atoms with E-state index in [0.717, 1.165) is 25.7 Å². The molecule has 0 heterocycles. The zero-order valence-corrected chi connectivity index (χ0v) is 9.33. The molecule has 6 heteroatoms. The van der Waals surface area contributed by atoms with Crippen molar-refractivity contribution in [3.63, 3.8) is 0 Å². The van der Waals surface area contributed by atoms with Crippen LogP contribution in [0.2, 0.25) is 0 Å². The van der Waals surface area contributed by atoms with Crippen molar-refractivity contribution in [1.82, 2.24) is 5.32 Å². The lowest BCUT2D eigenvalue weighted by Gasteiger charge is -2.25. The van der Waals surface area contributed by atoms with E-state index in [0.29, 0.717) is 6.54 Å². The predicted molar refractivity (Wildman–Crippen MR) is 58.5 cm³/mol. The lowest BCUT2D eigenvalue weighted by molar-refractivity contribution is -0.130. The molecule has 0 aromatic rings. The summed E-state index contributed by atoms with van der Waals surface area (Å²) >= 11 is 0. The fourth-order valence-corrected chi connectivity index (χ4v) is 2.08. The van der Waals surface area contributed by atoms with E-state index in [-0.39, 0.29) is 19.1 Å². The lowest BCUT2D eigenvalue weighted by Crippen LogP contribution is -2.45. The van der Waals surface area contributed by atoms with Crippen molar-refractivity contribution in [2.24, 2.45) is 16.9 Å². The van der Waals surface area contributed by atoms with E-state index in [9.17, 15) is 9.59 Å². The molecule has 92 valence electrons. The zero-order valence-electron chi connectivity index (χ0n) is 9.33. The Bertz CT molecular complexity index is 262. The molecule has 0 radical (unpaired) electrons. The van der Waals surface area contributed by atoms with Gasteiger partial charge in [-0.2, -0.15) is 0 Å². The summed E-state index contributed by atoms with van der Waals surface area (Å²) in [6, 6.07) is 0. The highest BCUT2D eigenvalue weighted by Gasteiger charge is 2.39. The Labute approximate surface area is 94.7 Å². The molecule has 16 heavy (non-hydrogen) atoms. The molecule has 5 N–H and O–H groups in total. The Hall–Kier alpha value is -1.30. The van der Waals surface area contributed by atoms with Crippen molar-refractivity contribution in [3.05, 3.63) is 0 Å². The van der Waals surface area contributed by atoms with Crippen LogP contribution in [0.25, 0.3) is 0 Å². The van der Waals surface area contributed by atoms with Gasteiger partial charge in [0, 0.05) is 6.54 Å². The van der Waals surface area contributed by atoms with Gasteiger partial charge in [0.05, 0.1) is 12.0 Å². The van der Waals surface area contributed by atoms with Crippen LogP contribution in [0.4, 0.5) is 4.79 Å². The van der Waals surface area contributed by atoms with Gasteiger partial charge in [0.1, 0.15) is 6.61 Å². The van der Waals surface area contributed by atoms with Gasteiger partial charge in [0.15, 0.2) is 0 Å². The zero-order chi connectivity index (χ0) is 12.0. The molecule has 0 spiro atoms. The number of carbonyl (C=O) groups is 2. The normalized spacial score (nSPS) is 18.1. The van der Waals surface area contributed by atoms with Crippen molar-refractivity contribution >= 4 is 12.0 Å². The molecular formula is C10H19N3O3. The minimum Gasteiger partial charge on any atom is -0.448 e. The van der Waals surface area contributed by atoms with Crippen molar-refractivity contribution in [3.8, 4) is 0 Å². The van der Waals surface area contributed by atoms with E-state index in [1.54, 1.807) is 0 Å².